The molecule has 138 valence electrons. The highest BCUT2D eigenvalue weighted by Gasteiger charge is 2.28. The second kappa shape index (κ2) is 7.55. The minimum Gasteiger partial charge on any atom is -0.366 e. The lowest BCUT2D eigenvalue weighted by Gasteiger charge is -2.37. The van der Waals surface area contributed by atoms with Crippen LogP contribution < -0.4 is 10.6 Å². The summed E-state index contributed by atoms with van der Waals surface area (Å²) in [5.74, 6) is 0.687. The Balaban J connectivity index is 1.75. The lowest BCUT2D eigenvalue weighted by molar-refractivity contribution is -0.127. The summed E-state index contributed by atoms with van der Waals surface area (Å²) in [4.78, 5) is 37.6. The van der Waals surface area contributed by atoms with E-state index >= 15 is 0 Å². The lowest BCUT2D eigenvalue weighted by atomic mass is 9.94. The molecule has 1 aliphatic heterocycles. The van der Waals surface area contributed by atoms with Crippen molar-refractivity contribution in [1.29, 1.82) is 0 Å². The molecular weight excluding hydrogens is 332 g/mol. The summed E-state index contributed by atoms with van der Waals surface area (Å²) in [7, 11) is 0. The normalized spacial score (nSPS) is 20.0. The van der Waals surface area contributed by atoms with Crippen LogP contribution in [0.2, 0.25) is 0 Å². The predicted molar refractivity (Wildman–Crippen MR) is 99.9 cm³/mol. The molecule has 0 spiro atoms. The van der Waals surface area contributed by atoms with Crippen LogP contribution >= 0.6 is 0 Å². The Hall–Kier alpha value is -2.90. The number of likely N-dealkylation sites (tertiary alicyclic amines) is 1. The minimum absolute atomic E-state index is 0.0320. The van der Waals surface area contributed by atoms with Gasteiger partial charge in [0.25, 0.3) is 5.91 Å². The molecule has 0 saturated carbocycles. The molecule has 0 aliphatic carbocycles. The van der Waals surface area contributed by atoms with Gasteiger partial charge in [-0.3, -0.25) is 9.59 Å². The molecule has 2 aromatic heterocycles. The van der Waals surface area contributed by atoms with E-state index in [1.165, 1.54) is 6.08 Å². The van der Waals surface area contributed by atoms with Crippen LogP contribution in [-0.2, 0) is 4.79 Å². The average molecular weight is 356 g/mol. The average Bonchev–Trinajstić information content (AvgIpc) is 3.06. The van der Waals surface area contributed by atoms with Gasteiger partial charge in [-0.15, -0.1) is 0 Å². The van der Waals surface area contributed by atoms with Gasteiger partial charge in [0.15, 0.2) is 5.65 Å². The third-order valence-corrected chi connectivity index (χ3v) is 4.69. The molecule has 2 atom stereocenters. The molecule has 0 radical (unpaired) electrons. The Morgan fingerprint density at radius 3 is 3.00 bits per heavy atom. The van der Waals surface area contributed by atoms with Crippen molar-refractivity contribution in [3.63, 3.8) is 0 Å². The molecule has 2 aromatic rings. The molecule has 8 nitrogen and oxygen atoms in total. The van der Waals surface area contributed by atoms with Crippen LogP contribution in [0.3, 0.4) is 0 Å². The largest absolute Gasteiger partial charge is 0.366 e. The number of nitrogens with one attached hydrogen (secondary N) is 3. The van der Waals surface area contributed by atoms with Crippen LogP contribution in [-0.4, -0.2) is 57.3 Å². The number of aromatic amines is 1. The number of hydrogen-bond acceptors (Lipinski definition) is 5. The number of carbonyl (C=O) groups excluding carboxylic acids is 2. The quantitative estimate of drug-likeness (QED) is 0.705. The van der Waals surface area contributed by atoms with Gasteiger partial charge in [-0.1, -0.05) is 13.5 Å². The van der Waals surface area contributed by atoms with Crippen molar-refractivity contribution in [1.82, 2.24) is 25.2 Å². The van der Waals surface area contributed by atoms with E-state index in [-0.39, 0.29) is 23.8 Å². The van der Waals surface area contributed by atoms with Crippen LogP contribution in [0.25, 0.3) is 11.2 Å². The van der Waals surface area contributed by atoms with Gasteiger partial charge < -0.3 is 20.5 Å². The highest BCUT2D eigenvalue weighted by molar-refractivity contribution is 6.04. The molecule has 1 fully saturated rings. The predicted octanol–water partition coefficient (Wildman–Crippen LogP) is 1.54. The number of piperidine rings is 1. The Bertz CT molecular complexity index is 830. The third-order valence-electron chi connectivity index (χ3n) is 4.69. The molecule has 3 rings (SSSR count). The van der Waals surface area contributed by atoms with Crippen LogP contribution in [0.15, 0.2) is 25.0 Å². The number of aromatic nitrogens is 3. The van der Waals surface area contributed by atoms with Crippen molar-refractivity contribution in [2.45, 2.75) is 26.3 Å². The number of H-pyrrole nitrogens is 1. The fraction of sp³-hybridized carbons (Fsp3) is 0.444. The van der Waals surface area contributed by atoms with Crippen molar-refractivity contribution in [3.05, 3.63) is 30.6 Å². The summed E-state index contributed by atoms with van der Waals surface area (Å²) in [6.07, 6.45) is 5.46. The maximum atomic E-state index is 12.1. The number of nitrogens with zero attached hydrogens (tertiary/aromatic N) is 3. The first-order valence-corrected chi connectivity index (χ1v) is 8.83. The first kappa shape index (κ1) is 17.9. The second-order valence-corrected chi connectivity index (χ2v) is 6.52. The Morgan fingerprint density at radius 2 is 2.31 bits per heavy atom. The van der Waals surface area contributed by atoms with Gasteiger partial charge in [-0.2, -0.15) is 0 Å². The van der Waals surface area contributed by atoms with Crippen LogP contribution in [0.5, 0.6) is 0 Å². The third kappa shape index (κ3) is 3.54. The molecule has 2 amide bonds. The molecule has 8 heteroatoms. The molecule has 1 saturated heterocycles. The summed E-state index contributed by atoms with van der Waals surface area (Å²) < 4.78 is 0. The number of hydrogen-bond donors (Lipinski definition) is 3. The summed E-state index contributed by atoms with van der Waals surface area (Å²) in [5, 5.41) is 6.18. The number of rotatable bonds is 5. The highest BCUT2D eigenvalue weighted by Crippen LogP contribution is 2.22. The zero-order valence-electron chi connectivity index (χ0n) is 15.1. The number of amides is 2. The number of anilines is 1. The molecule has 3 N–H and O–H groups in total. The standard InChI is InChI=1S/C18H24N6O2/c1-4-15(25)24-7-6-13(11(3)10-24)22-14-9-21-17-16(23-14)12(8-20-17)18(26)19-5-2/h4,8-9,11,13H,1,5-7,10H2,2-3H3,(H,19,26)(H,20,21)(H,22,23). The zero-order chi connectivity index (χ0) is 18.7. The second-order valence-electron chi connectivity index (χ2n) is 6.52. The van der Waals surface area contributed by atoms with E-state index < -0.39 is 0 Å². The maximum absolute atomic E-state index is 12.1. The van der Waals surface area contributed by atoms with E-state index in [2.05, 4.69) is 39.1 Å². The van der Waals surface area contributed by atoms with E-state index in [0.717, 1.165) is 6.42 Å². The van der Waals surface area contributed by atoms with E-state index in [0.29, 0.717) is 42.2 Å². The van der Waals surface area contributed by atoms with Gasteiger partial charge in [0.2, 0.25) is 5.91 Å². The van der Waals surface area contributed by atoms with Gasteiger partial charge in [0.05, 0.1) is 11.8 Å². The molecule has 0 bridgehead atoms. The summed E-state index contributed by atoms with van der Waals surface area (Å²) >= 11 is 0. The fourth-order valence-corrected chi connectivity index (χ4v) is 3.27. The smallest absolute Gasteiger partial charge is 0.255 e. The van der Waals surface area contributed by atoms with Gasteiger partial charge in [0.1, 0.15) is 11.3 Å². The molecule has 1 aliphatic rings. The SMILES string of the molecule is C=CC(=O)N1CCC(Nc2cnc3[nH]cc(C(=O)NCC)c3n2)C(C)C1. The Kier molecular flexibility index (Phi) is 5.20. The number of carbonyl (C=O) groups is 2. The highest BCUT2D eigenvalue weighted by atomic mass is 16.2. The number of fused-ring (bicyclic) bond motifs is 1. The van der Waals surface area contributed by atoms with Crippen LogP contribution in [0.1, 0.15) is 30.6 Å². The van der Waals surface area contributed by atoms with Crippen molar-refractivity contribution < 1.29 is 9.59 Å². The van der Waals surface area contributed by atoms with Crippen molar-refractivity contribution in [2.75, 3.05) is 25.0 Å². The molecule has 3 heterocycles. The van der Waals surface area contributed by atoms with Crippen molar-refractivity contribution >= 4 is 28.8 Å². The van der Waals surface area contributed by atoms with Crippen molar-refractivity contribution in [3.8, 4) is 0 Å². The monoisotopic (exact) mass is 356 g/mol. The van der Waals surface area contributed by atoms with Crippen molar-refractivity contribution in [2.24, 2.45) is 5.92 Å². The Labute approximate surface area is 152 Å². The lowest BCUT2D eigenvalue weighted by Crippen LogP contribution is -2.47. The van der Waals surface area contributed by atoms with E-state index in [9.17, 15) is 9.59 Å². The van der Waals surface area contributed by atoms with Crippen LogP contribution in [0, 0.1) is 5.92 Å². The first-order chi connectivity index (χ1) is 12.5. The zero-order valence-corrected chi connectivity index (χ0v) is 15.1. The molecule has 0 aromatic carbocycles. The maximum Gasteiger partial charge on any atom is 0.255 e. The first-order valence-electron chi connectivity index (χ1n) is 8.83. The van der Waals surface area contributed by atoms with Gasteiger partial charge in [-0.25, -0.2) is 9.97 Å². The van der Waals surface area contributed by atoms with E-state index in [4.69, 9.17) is 0 Å². The Morgan fingerprint density at radius 1 is 1.50 bits per heavy atom. The summed E-state index contributed by atoms with van der Waals surface area (Å²) in [6.45, 7) is 9.42. The van der Waals surface area contributed by atoms with Gasteiger partial charge >= 0.3 is 0 Å². The van der Waals surface area contributed by atoms with E-state index in [1.807, 2.05) is 11.8 Å². The molecule has 2 unspecified atom stereocenters. The van der Waals surface area contributed by atoms with E-state index in [1.54, 1.807) is 12.4 Å². The topological polar surface area (TPSA) is 103 Å². The minimum atomic E-state index is -0.171. The molecule has 26 heavy (non-hydrogen) atoms. The van der Waals surface area contributed by atoms with Crippen LogP contribution in [0.4, 0.5) is 5.82 Å². The van der Waals surface area contributed by atoms with Gasteiger partial charge in [0, 0.05) is 31.9 Å². The van der Waals surface area contributed by atoms with Gasteiger partial charge in [-0.05, 0) is 25.3 Å². The fourth-order valence-electron chi connectivity index (χ4n) is 3.27. The summed E-state index contributed by atoms with van der Waals surface area (Å²) in [5.41, 5.74) is 1.61. The molecular formula is C18H24N6O2. The summed E-state index contributed by atoms with van der Waals surface area (Å²) in [6, 6.07) is 0.183.